The number of amides is 2. The normalized spacial score (nSPS) is 15.1. The largest absolute Gasteiger partial charge is 0.497 e. The van der Waals surface area contributed by atoms with Crippen molar-refractivity contribution in [3.63, 3.8) is 0 Å². The Morgan fingerprint density at radius 1 is 1.11 bits per heavy atom. The fourth-order valence-electron chi connectivity index (χ4n) is 2.76. The number of benzene rings is 2. The highest BCUT2D eigenvalue weighted by Crippen LogP contribution is 2.28. The molecule has 1 unspecified atom stereocenters. The fraction of sp³-hybridized carbons (Fsp3) is 0.211. The van der Waals surface area contributed by atoms with E-state index >= 15 is 0 Å². The molecule has 2 aromatic rings. The Balaban J connectivity index is 1.57. The summed E-state index contributed by atoms with van der Waals surface area (Å²) < 4.78 is 5.05. The maximum atomic E-state index is 12.2. The molecule has 0 saturated heterocycles. The Kier molecular flexibility index (Phi) is 5.25. The second-order valence-electron chi connectivity index (χ2n) is 6.02. The molecule has 0 bridgehead atoms. The molecule has 1 aliphatic heterocycles. The molecular weight excluding hydrogens is 350 g/mol. The van der Waals surface area contributed by atoms with Crippen LogP contribution in [0.3, 0.4) is 0 Å². The maximum absolute atomic E-state index is 12.2. The Hall–Kier alpha value is -3.55. The second-order valence-corrected chi connectivity index (χ2v) is 6.02. The van der Waals surface area contributed by atoms with E-state index in [4.69, 9.17) is 9.84 Å². The molecule has 1 atom stereocenters. The Labute approximate surface area is 155 Å². The minimum absolute atomic E-state index is 0.129. The molecule has 140 valence electrons. The van der Waals surface area contributed by atoms with Gasteiger partial charge in [-0.15, -0.1) is 0 Å². The molecule has 27 heavy (non-hydrogen) atoms. The smallest absolute Gasteiger partial charge is 0.335 e. The molecule has 0 saturated carbocycles. The number of fused-ring (bicyclic) bond motifs is 1. The van der Waals surface area contributed by atoms with Crippen molar-refractivity contribution in [1.82, 2.24) is 5.32 Å². The number of carbonyl (C=O) groups excluding carboxylic acids is 2. The van der Waals surface area contributed by atoms with Crippen LogP contribution in [0.1, 0.15) is 27.1 Å². The Morgan fingerprint density at radius 3 is 2.48 bits per heavy atom. The molecule has 2 aromatic carbocycles. The van der Waals surface area contributed by atoms with Crippen LogP contribution in [0.2, 0.25) is 0 Å². The number of rotatable bonds is 6. The number of hydrogen-bond acceptors (Lipinski definition) is 5. The van der Waals surface area contributed by atoms with Crippen molar-refractivity contribution in [1.29, 1.82) is 0 Å². The molecular formula is C19H19N3O5. The van der Waals surface area contributed by atoms with Gasteiger partial charge in [0.25, 0.3) is 5.91 Å². The molecule has 1 heterocycles. The first-order valence-corrected chi connectivity index (χ1v) is 8.35. The lowest BCUT2D eigenvalue weighted by Gasteiger charge is -2.27. The van der Waals surface area contributed by atoms with Crippen molar-refractivity contribution in [2.45, 2.75) is 12.5 Å². The molecule has 8 nitrogen and oxygen atoms in total. The van der Waals surface area contributed by atoms with Gasteiger partial charge in [0, 0.05) is 12.1 Å². The lowest BCUT2D eigenvalue weighted by atomic mass is 10.1. The monoisotopic (exact) mass is 369 g/mol. The van der Waals surface area contributed by atoms with Crippen LogP contribution in [0.25, 0.3) is 0 Å². The molecule has 3 rings (SSSR count). The van der Waals surface area contributed by atoms with E-state index in [-0.39, 0.29) is 23.9 Å². The van der Waals surface area contributed by atoms with Gasteiger partial charge in [0.05, 0.1) is 24.0 Å². The highest BCUT2D eigenvalue weighted by atomic mass is 16.5. The Bertz CT molecular complexity index is 879. The van der Waals surface area contributed by atoms with Crippen molar-refractivity contribution in [2.75, 3.05) is 24.3 Å². The minimum atomic E-state index is -1.04. The zero-order valence-electron chi connectivity index (χ0n) is 14.6. The van der Waals surface area contributed by atoms with Gasteiger partial charge in [0.2, 0.25) is 5.91 Å². The van der Waals surface area contributed by atoms with Crippen LogP contribution >= 0.6 is 0 Å². The van der Waals surface area contributed by atoms with Crippen molar-refractivity contribution in [3.8, 4) is 5.75 Å². The maximum Gasteiger partial charge on any atom is 0.335 e. The lowest BCUT2D eigenvalue weighted by Crippen LogP contribution is -2.41. The molecule has 1 aliphatic rings. The van der Waals surface area contributed by atoms with Gasteiger partial charge in [0.15, 0.2) is 0 Å². The predicted octanol–water partition coefficient (Wildman–Crippen LogP) is 1.95. The van der Waals surface area contributed by atoms with E-state index in [1.807, 2.05) is 0 Å². The molecule has 0 fully saturated rings. The molecule has 0 aliphatic carbocycles. The van der Waals surface area contributed by atoms with E-state index < -0.39 is 12.0 Å². The molecule has 0 spiro atoms. The summed E-state index contributed by atoms with van der Waals surface area (Å²) >= 11 is 0. The van der Waals surface area contributed by atoms with E-state index in [1.165, 1.54) is 12.1 Å². The fourth-order valence-corrected chi connectivity index (χ4v) is 2.76. The van der Waals surface area contributed by atoms with Crippen LogP contribution in [0.15, 0.2) is 42.5 Å². The number of nitrogens with one attached hydrogen (secondary N) is 3. The quantitative estimate of drug-likeness (QED) is 0.618. The van der Waals surface area contributed by atoms with E-state index in [1.54, 1.807) is 37.4 Å². The number of carboxylic acids is 1. The van der Waals surface area contributed by atoms with E-state index in [0.29, 0.717) is 29.1 Å². The van der Waals surface area contributed by atoms with E-state index in [0.717, 1.165) is 0 Å². The number of carboxylic acid groups (broad SMARTS) is 1. The summed E-state index contributed by atoms with van der Waals surface area (Å²) in [4.78, 5) is 35.4. The minimum Gasteiger partial charge on any atom is -0.497 e. The van der Waals surface area contributed by atoms with Crippen LogP contribution < -0.4 is 20.7 Å². The van der Waals surface area contributed by atoms with Gasteiger partial charge in [-0.05, 0) is 48.9 Å². The molecule has 0 radical (unpaired) electrons. The summed E-state index contributed by atoms with van der Waals surface area (Å²) in [6.45, 7) is 0.282. The zero-order valence-corrected chi connectivity index (χ0v) is 14.6. The van der Waals surface area contributed by atoms with Gasteiger partial charge in [-0.3, -0.25) is 9.59 Å². The van der Waals surface area contributed by atoms with E-state index in [2.05, 4.69) is 16.0 Å². The SMILES string of the molecule is COc1ccc(C(=O)NCCC2Nc3cc(C(=O)O)ccc3NC2=O)cc1. The van der Waals surface area contributed by atoms with Crippen molar-refractivity contribution < 1.29 is 24.2 Å². The van der Waals surface area contributed by atoms with Crippen LogP contribution in [0.4, 0.5) is 11.4 Å². The average Bonchev–Trinajstić information content (AvgIpc) is 2.67. The molecule has 4 N–H and O–H groups in total. The number of carbonyl (C=O) groups is 3. The van der Waals surface area contributed by atoms with Crippen LogP contribution in [0.5, 0.6) is 5.75 Å². The third-order valence-corrected chi connectivity index (χ3v) is 4.24. The third kappa shape index (κ3) is 4.17. The van der Waals surface area contributed by atoms with E-state index in [9.17, 15) is 14.4 Å². The van der Waals surface area contributed by atoms with Crippen LogP contribution in [0, 0.1) is 0 Å². The van der Waals surface area contributed by atoms with Gasteiger partial charge in [-0.2, -0.15) is 0 Å². The predicted molar refractivity (Wildman–Crippen MR) is 99.4 cm³/mol. The second kappa shape index (κ2) is 7.77. The first kappa shape index (κ1) is 18.2. The van der Waals surface area contributed by atoms with Gasteiger partial charge in [-0.25, -0.2) is 4.79 Å². The van der Waals surface area contributed by atoms with Crippen molar-refractivity contribution >= 4 is 29.2 Å². The highest BCUT2D eigenvalue weighted by molar-refractivity contribution is 6.04. The van der Waals surface area contributed by atoms with Crippen molar-refractivity contribution in [2.24, 2.45) is 0 Å². The lowest BCUT2D eigenvalue weighted by molar-refractivity contribution is -0.117. The average molecular weight is 369 g/mol. The summed E-state index contributed by atoms with van der Waals surface area (Å²) in [5, 5.41) is 17.6. The number of methoxy groups -OCH3 is 1. The first-order valence-electron chi connectivity index (χ1n) is 8.35. The van der Waals surface area contributed by atoms with Gasteiger partial charge in [0.1, 0.15) is 11.8 Å². The molecule has 2 amide bonds. The Morgan fingerprint density at radius 2 is 1.81 bits per heavy atom. The third-order valence-electron chi connectivity index (χ3n) is 4.24. The summed E-state index contributed by atoms with van der Waals surface area (Å²) in [7, 11) is 1.55. The number of aromatic carboxylic acids is 1. The first-order chi connectivity index (χ1) is 13.0. The van der Waals surface area contributed by atoms with Crippen LogP contribution in [-0.2, 0) is 4.79 Å². The number of anilines is 2. The van der Waals surface area contributed by atoms with Crippen molar-refractivity contribution in [3.05, 3.63) is 53.6 Å². The molecule has 0 aromatic heterocycles. The van der Waals surface area contributed by atoms with Gasteiger partial charge < -0.3 is 25.8 Å². The summed E-state index contributed by atoms with van der Waals surface area (Å²) in [6, 6.07) is 10.6. The molecule has 8 heteroatoms. The number of ether oxygens (including phenoxy) is 1. The van der Waals surface area contributed by atoms with Gasteiger partial charge in [-0.1, -0.05) is 0 Å². The standard InChI is InChI=1S/C19H19N3O5/c1-27-13-5-2-11(3-6-13)17(23)20-9-8-15-18(24)22-14-7-4-12(19(25)26)10-16(14)21-15/h2-7,10,15,21H,8-9H2,1H3,(H,20,23)(H,22,24)(H,25,26). The topological polar surface area (TPSA) is 117 Å². The summed E-state index contributed by atoms with van der Waals surface area (Å²) in [6.07, 6.45) is 0.352. The zero-order chi connectivity index (χ0) is 19.4. The highest BCUT2D eigenvalue weighted by Gasteiger charge is 2.25. The van der Waals surface area contributed by atoms with Gasteiger partial charge >= 0.3 is 5.97 Å². The number of hydrogen-bond donors (Lipinski definition) is 4. The summed E-state index contributed by atoms with van der Waals surface area (Å²) in [5.41, 5.74) is 1.70. The van der Waals surface area contributed by atoms with Crippen LogP contribution in [-0.4, -0.2) is 42.6 Å². The summed E-state index contributed by atoms with van der Waals surface area (Å²) in [5.74, 6) is -0.861.